The van der Waals surface area contributed by atoms with Crippen LogP contribution in [0.1, 0.15) is 38.5 Å². The summed E-state index contributed by atoms with van der Waals surface area (Å²) in [4.78, 5) is 18.1. The van der Waals surface area contributed by atoms with Crippen molar-refractivity contribution in [3.8, 4) is 17.0 Å². The number of carbonyl (C=O) groups excluding carboxylic acids is 1. The van der Waals surface area contributed by atoms with Crippen molar-refractivity contribution in [1.82, 2.24) is 10.3 Å². The molecule has 0 saturated heterocycles. The van der Waals surface area contributed by atoms with Gasteiger partial charge in [0.2, 0.25) is 5.91 Å². The summed E-state index contributed by atoms with van der Waals surface area (Å²) in [6.45, 7) is 0.715. The van der Waals surface area contributed by atoms with E-state index in [4.69, 9.17) is 4.74 Å². The van der Waals surface area contributed by atoms with Crippen LogP contribution >= 0.6 is 11.8 Å². The molecule has 4 nitrogen and oxygen atoms in total. The van der Waals surface area contributed by atoms with Crippen molar-refractivity contribution in [3.63, 3.8) is 0 Å². The lowest BCUT2D eigenvalue weighted by atomic mass is 9.49. The quantitative estimate of drug-likeness (QED) is 0.323. The van der Waals surface area contributed by atoms with Crippen LogP contribution in [0.15, 0.2) is 53.4 Å². The molecule has 4 aliphatic carbocycles. The summed E-state index contributed by atoms with van der Waals surface area (Å²) in [6, 6.07) is 16.7. The molecule has 1 aromatic heterocycles. The minimum atomic E-state index is -0.0611. The second-order valence-corrected chi connectivity index (χ2v) is 11.5. The van der Waals surface area contributed by atoms with Gasteiger partial charge < -0.3 is 15.0 Å². The first-order valence-corrected chi connectivity index (χ1v) is 13.3. The van der Waals surface area contributed by atoms with E-state index in [1.54, 1.807) is 7.11 Å². The van der Waals surface area contributed by atoms with Crippen LogP contribution in [0.2, 0.25) is 0 Å². The Morgan fingerprint density at radius 3 is 2.36 bits per heavy atom. The number of fused-ring (bicyclic) bond motifs is 1. The third kappa shape index (κ3) is 3.84. The molecule has 2 aromatic carbocycles. The number of hydrogen-bond donors (Lipinski definition) is 2. The number of nitrogens with one attached hydrogen (secondary N) is 2. The van der Waals surface area contributed by atoms with Gasteiger partial charge in [0.1, 0.15) is 5.75 Å². The average Bonchev–Trinajstić information content (AvgIpc) is 3.19. The summed E-state index contributed by atoms with van der Waals surface area (Å²) in [5.41, 5.74) is 3.36. The molecule has 1 heterocycles. The van der Waals surface area contributed by atoms with Gasteiger partial charge in [-0.05, 0) is 92.2 Å². The standard InChI is InChI=1S/C28H32N2O2S/c1-32-22-8-6-21(7-9-22)25-26(23-4-2-3-5-24(23)30-25)33-11-10-29-27(31)28-15-18-12-19(16-28)14-20(13-18)17-28/h2-9,18-20,30H,10-17H2,1H3,(H,29,31). The number of carbonyl (C=O) groups is 1. The SMILES string of the molecule is COc1ccc(-c2[nH]c3ccccc3c2SCCNC(=O)C23CC4CC(CC(C4)C2)C3)cc1. The summed E-state index contributed by atoms with van der Waals surface area (Å²) in [5, 5.41) is 4.57. The smallest absolute Gasteiger partial charge is 0.226 e. The van der Waals surface area contributed by atoms with Gasteiger partial charge in [-0.25, -0.2) is 0 Å². The van der Waals surface area contributed by atoms with Crippen LogP contribution in [0.5, 0.6) is 5.75 Å². The molecule has 4 bridgehead atoms. The second kappa shape index (κ2) is 8.43. The minimum Gasteiger partial charge on any atom is -0.497 e. The molecule has 1 amide bonds. The molecule has 0 atom stereocenters. The van der Waals surface area contributed by atoms with Gasteiger partial charge in [-0.15, -0.1) is 11.8 Å². The van der Waals surface area contributed by atoms with Gasteiger partial charge in [0, 0.05) is 33.5 Å². The number of para-hydroxylation sites is 1. The maximum absolute atomic E-state index is 13.3. The molecule has 0 aliphatic heterocycles. The number of aromatic amines is 1. The zero-order chi connectivity index (χ0) is 22.4. The van der Waals surface area contributed by atoms with Crippen molar-refractivity contribution in [3.05, 3.63) is 48.5 Å². The highest BCUT2D eigenvalue weighted by molar-refractivity contribution is 7.99. The topological polar surface area (TPSA) is 54.1 Å². The van der Waals surface area contributed by atoms with E-state index in [1.807, 2.05) is 23.9 Å². The van der Waals surface area contributed by atoms with Crippen LogP contribution in [0.4, 0.5) is 0 Å². The van der Waals surface area contributed by atoms with E-state index < -0.39 is 0 Å². The lowest BCUT2D eigenvalue weighted by Gasteiger charge is -2.55. The molecular weight excluding hydrogens is 428 g/mol. The molecule has 0 radical (unpaired) electrons. The van der Waals surface area contributed by atoms with E-state index in [-0.39, 0.29) is 5.41 Å². The normalized spacial score (nSPS) is 27.7. The molecule has 7 rings (SSSR count). The first kappa shape index (κ1) is 21.2. The summed E-state index contributed by atoms with van der Waals surface area (Å²) in [6.07, 6.45) is 7.50. The predicted octanol–water partition coefficient (Wildman–Crippen LogP) is 6.27. The molecule has 33 heavy (non-hydrogen) atoms. The zero-order valence-electron chi connectivity index (χ0n) is 19.2. The van der Waals surface area contributed by atoms with Gasteiger partial charge in [-0.1, -0.05) is 18.2 Å². The molecule has 4 saturated carbocycles. The summed E-state index contributed by atoms with van der Waals surface area (Å²) < 4.78 is 5.33. The van der Waals surface area contributed by atoms with E-state index in [9.17, 15) is 4.79 Å². The number of amides is 1. The summed E-state index contributed by atoms with van der Waals surface area (Å²) >= 11 is 1.83. The first-order valence-electron chi connectivity index (χ1n) is 12.3. The number of ether oxygens (including phenoxy) is 1. The largest absolute Gasteiger partial charge is 0.497 e. The molecule has 0 spiro atoms. The van der Waals surface area contributed by atoms with Crippen molar-refractivity contribution in [1.29, 1.82) is 0 Å². The van der Waals surface area contributed by atoms with Crippen molar-refractivity contribution in [2.75, 3.05) is 19.4 Å². The number of H-pyrrole nitrogens is 1. The Bertz CT molecular complexity index is 1130. The number of hydrogen-bond acceptors (Lipinski definition) is 3. The first-order chi connectivity index (χ1) is 16.1. The summed E-state index contributed by atoms with van der Waals surface area (Å²) in [7, 11) is 1.69. The fraction of sp³-hybridized carbons (Fsp3) is 0.464. The van der Waals surface area contributed by atoms with Gasteiger partial charge in [-0.2, -0.15) is 0 Å². The van der Waals surface area contributed by atoms with Crippen molar-refractivity contribution >= 4 is 28.6 Å². The number of thioether (sulfide) groups is 1. The Morgan fingerprint density at radius 1 is 1.03 bits per heavy atom. The van der Waals surface area contributed by atoms with E-state index in [2.05, 4.69) is 46.7 Å². The van der Waals surface area contributed by atoms with Crippen molar-refractivity contribution in [2.45, 2.75) is 43.4 Å². The number of methoxy groups -OCH3 is 1. The van der Waals surface area contributed by atoms with Crippen LogP contribution in [0.25, 0.3) is 22.2 Å². The molecule has 172 valence electrons. The maximum atomic E-state index is 13.3. The third-order valence-electron chi connectivity index (χ3n) is 8.19. The second-order valence-electron chi connectivity index (χ2n) is 10.4. The molecular formula is C28H32N2O2S. The van der Waals surface area contributed by atoms with Crippen LogP contribution in [0.3, 0.4) is 0 Å². The third-order valence-corrected chi connectivity index (χ3v) is 9.31. The molecule has 4 fully saturated rings. The molecule has 4 aliphatic rings. The number of benzene rings is 2. The Kier molecular flexibility index (Phi) is 5.40. The van der Waals surface area contributed by atoms with Crippen molar-refractivity contribution in [2.24, 2.45) is 23.2 Å². The highest BCUT2D eigenvalue weighted by Gasteiger charge is 2.54. The lowest BCUT2D eigenvalue weighted by molar-refractivity contribution is -0.146. The fourth-order valence-corrected chi connectivity index (χ4v) is 8.18. The molecule has 2 N–H and O–H groups in total. The van der Waals surface area contributed by atoms with Crippen LogP contribution in [-0.4, -0.2) is 30.3 Å². The van der Waals surface area contributed by atoms with Gasteiger partial charge in [-0.3, -0.25) is 4.79 Å². The van der Waals surface area contributed by atoms with Crippen LogP contribution < -0.4 is 10.1 Å². The Balaban J connectivity index is 1.15. The highest BCUT2D eigenvalue weighted by atomic mass is 32.2. The van der Waals surface area contributed by atoms with E-state index in [1.165, 1.54) is 29.5 Å². The van der Waals surface area contributed by atoms with Gasteiger partial charge in [0.15, 0.2) is 0 Å². The Labute approximate surface area is 199 Å². The van der Waals surface area contributed by atoms with E-state index in [0.29, 0.717) is 12.5 Å². The van der Waals surface area contributed by atoms with E-state index in [0.717, 1.165) is 65.3 Å². The van der Waals surface area contributed by atoms with Gasteiger partial charge >= 0.3 is 0 Å². The summed E-state index contributed by atoms with van der Waals surface area (Å²) in [5.74, 6) is 4.45. The Morgan fingerprint density at radius 2 is 1.70 bits per heavy atom. The molecule has 3 aromatic rings. The van der Waals surface area contributed by atoms with Crippen LogP contribution in [-0.2, 0) is 4.79 Å². The average molecular weight is 461 g/mol. The molecule has 5 heteroatoms. The maximum Gasteiger partial charge on any atom is 0.226 e. The number of rotatable bonds is 7. The monoisotopic (exact) mass is 460 g/mol. The number of aromatic nitrogens is 1. The zero-order valence-corrected chi connectivity index (χ0v) is 20.0. The van der Waals surface area contributed by atoms with Crippen LogP contribution in [0, 0.1) is 23.2 Å². The van der Waals surface area contributed by atoms with E-state index >= 15 is 0 Å². The molecule has 0 unspecified atom stereocenters. The Hall–Kier alpha value is -2.40. The fourth-order valence-electron chi connectivity index (χ4n) is 7.12. The highest BCUT2D eigenvalue weighted by Crippen LogP contribution is 2.60. The lowest BCUT2D eigenvalue weighted by Crippen LogP contribution is -2.53. The minimum absolute atomic E-state index is 0.0611. The van der Waals surface area contributed by atoms with Gasteiger partial charge in [0.25, 0.3) is 0 Å². The van der Waals surface area contributed by atoms with Crippen molar-refractivity contribution < 1.29 is 9.53 Å². The van der Waals surface area contributed by atoms with Gasteiger partial charge in [0.05, 0.1) is 12.8 Å². The predicted molar refractivity (Wildman–Crippen MR) is 135 cm³/mol.